The molecule has 0 amide bonds. The van der Waals surface area contributed by atoms with Crippen LogP contribution < -0.4 is 5.73 Å². The number of carbonyl (C=O) groups is 1. The fourth-order valence-electron chi connectivity index (χ4n) is 1.24. The summed E-state index contributed by atoms with van der Waals surface area (Å²) in [6.07, 6.45) is 3.34. The van der Waals surface area contributed by atoms with Gasteiger partial charge in [0.05, 0.1) is 12.7 Å². The summed E-state index contributed by atoms with van der Waals surface area (Å²) in [5.41, 5.74) is 6.57. The number of nitrogens with two attached hydrogens (primary N) is 1. The number of hydrogen-bond acceptors (Lipinski definition) is 3. The maximum Gasteiger partial charge on any atom is 0.194 e. The molecule has 0 atom stereocenters. The number of ketones is 1. The van der Waals surface area contributed by atoms with Crippen LogP contribution in [0.5, 0.6) is 0 Å². The van der Waals surface area contributed by atoms with Crippen molar-refractivity contribution >= 4 is 11.4 Å². The molecule has 0 aliphatic carbocycles. The molecule has 4 heteroatoms. The van der Waals surface area contributed by atoms with E-state index >= 15 is 0 Å². The van der Waals surface area contributed by atoms with E-state index < -0.39 is 0 Å². The van der Waals surface area contributed by atoms with Crippen LogP contribution in [0.1, 0.15) is 10.5 Å². The van der Waals surface area contributed by atoms with E-state index in [0.717, 1.165) is 5.65 Å². The van der Waals surface area contributed by atoms with Gasteiger partial charge in [0.25, 0.3) is 0 Å². The van der Waals surface area contributed by atoms with Crippen molar-refractivity contribution in [1.29, 1.82) is 0 Å². The molecule has 0 aromatic carbocycles. The summed E-state index contributed by atoms with van der Waals surface area (Å²) in [7, 11) is 0. The number of fused-ring (bicyclic) bond motifs is 1. The van der Waals surface area contributed by atoms with E-state index in [4.69, 9.17) is 5.73 Å². The second kappa shape index (κ2) is 2.99. The van der Waals surface area contributed by atoms with E-state index in [-0.39, 0.29) is 12.3 Å². The average molecular weight is 175 g/mol. The summed E-state index contributed by atoms with van der Waals surface area (Å²) in [5, 5.41) is 0. The molecule has 2 aromatic heterocycles. The minimum Gasteiger partial charge on any atom is -0.324 e. The SMILES string of the molecule is NCC(=O)c1cnc2ccccn12. The van der Waals surface area contributed by atoms with Crippen molar-refractivity contribution in [2.24, 2.45) is 5.73 Å². The Morgan fingerprint density at radius 3 is 3.15 bits per heavy atom. The zero-order valence-electron chi connectivity index (χ0n) is 6.97. The van der Waals surface area contributed by atoms with Gasteiger partial charge in [0.15, 0.2) is 5.78 Å². The van der Waals surface area contributed by atoms with Crippen LogP contribution in [-0.2, 0) is 0 Å². The van der Waals surface area contributed by atoms with Gasteiger partial charge in [-0.25, -0.2) is 4.98 Å². The van der Waals surface area contributed by atoms with Crippen LogP contribution in [0.2, 0.25) is 0 Å². The van der Waals surface area contributed by atoms with Gasteiger partial charge in [-0.2, -0.15) is 0 Å². The summed E-state index contributed by atoms with van der Waals surface area (Å²) in [4.78, 5) is 15.4. The van der Waals surface area contributed by atoms with Crippen molar-refractivity contribution in [2.45, 2.75) is 0 Å². The Morgan fingerprint density at radius 1 is 1.54 bits per heavy atom. The first-order chi connectivity index (χ1) is 6.33. The first-order valence-corrected chi connectivity index (χ1v) is 3.98. The molecule has 0 unspecified atom stereocenters. The Bertz CT molecular complexity index is 447. The lowest BCUT2D eigenvalue weighted by Crippen LogP contribution is -2.15. The number of pyridine rings is 1. The van der Waals surface area contributed by atoms with Crippen molar-refractivity contribution in [1.82, 2.24) is 9.38 Å². The minimum absolute atomic E-state index is 0.0166. The second-order valence-electron chi connectivity index (χ2n) is 2.70. The predicted molar refractivity (Wildman–Crippen MR) is 48.6 cm³/mol. The number of Topliss-reactive ketones (excluding diaryl/α,β-unsaturated/α-hetero) is 1. The van der Waals surface area contributed by atoms with Gasteiger partial charge in [-0.3, -0.25) is 9.20 Å². The van der Waals surface area contributed by atoms with Gasteiger partial charge in [-0.1, -0.05) is 6.07 Å². The van der Waals surface area contributed by atoms with Crippen LogP contribution in [-0.4, -0.2) is 21.7 Å². The lowest BCUT2D eigenvalue weighted by Gasteiger charge is -1.96. The highest BCUT2D eigenvalue weighted by atomic mass is 16.1. The Labute approximate surface area is 75.0 Å². The van der Waals surface area contributed by atoms with Crippen molar-refractivity contribution in [2.75, 3.05) is 6.54 Å². The molecule has 66 valence electrons. The van der Waals surface area contributed by atoms with Crippen LogP contribution in [0.25, 0.3) is 5.65 Å². The van der Waals surface area contributed by atoms with Gasteiger partial charge >= 0.3 is 0 Å². The van der Waals surface area contributed by atoms with E-state index in [0.29, 0.717) is 5.69 Å². The molecule has 0 saturated carbocycles. The minimum atomic E-state index is -0.0984. The highest BCUT2D eigenvalue weighted by Gasteiger charge is 2.08. The predicted octanol–water partition coefficient (Wildman–Crippen LogP) is 0.476. The molecule has 0 bridgehead atoms. The Kier molecular flexibility index (Phi) is 1.83. The normalized spacial score (nSPS) is 10.5. The van der Waals surface area contributed by atoms with Gasteiger partial charge in [0, 0.05) is 6.20 Å². The number of imidazole rings is 1. The second-order valence-corrected chi connectivity index (χ2v) is 2.70. The van der Waals surface area contributed by atoms with Gasteiger partial charge in [0.2, 0.25) is 0 Å². The fourth-order valence-corrected chi connectivity index (χ4v) is 1.24. The van der Waals surface area contributed by atoms with Crippen LogP contribution in [0.15, 0.2) is 30.6 Å². The van der Waals surface area contributed by atoms with Crippen LogP contribution in [0.3, 0.4) is 0 Å². The first-order valence-electron chi connectivity index (χ1n) is 3.98. The van der Waals surface area contributed by atoms with Gasteiger partial charge in [-0.15, -0.1) is 0 Å². The van der Waals surface area contributed by atoms with Gasteiger partial charge in [0.1, 0.15) is 11.3 Å². The van der Waals surface area contributed by atoms with Crippen LogP contribution >= 0.6 is 0 Å². The lowest BCUT2D eigenvalue weighted by molar-refractivity contribution is 0.0996. The van der Waals surface area contributed by atoms with Crippen molar-refractivity contribution in [3.8, 4) is 0 Å². The quantitative estimate of drug-likeness (QED) is 0.675. The fraction of sp³-hybridized carbons (Fsp3) is 0.111. The molecule has 0 aliphatic rings. The molecule has 0 saturated heterocycles. The lowest BCUT2D eigenvalue weighted by atomic mass is 10.3. The molecule has 0 aliphatic heterocycles. The van der Waals surface area contributed by atoms with E-state index in [2.05, 4.69) is 4.98 Å². The maximum absolute atomic E-state index is 11.3. The topological polar surface area (TPSA) is 60.4 Å². The molecule has 2 N–H and O–H groups in total. The largest absolute Gasteiger partial charge is 0.324 e. The van der Waals surface area contributed by atoms with E-state index in [1.165, 1.54) is 0 Å². The summed E-state index contributed by atoms with van der Waals surface area (Å²) in [6, 6.07) is 5.56. The average Bonchev–Trinajstić information content (AvgIpc) is 2.60. The summed E-state index contributed by atoms with van der Waals surface area (Å²) >= 11 is 0. The number of rotatable bonds is 2. The third-order valence-electron chi connectivity index (χ3n) is 1.89. The number of carbonyl (C=O) groups excluding carboxylic acids is 1. The molecule has 2 heterocycles. The maximum atomic E-state index is 11.3. The Hall–Kier alpha value is -1.68. The zero-order chi connectivity index (χ0) is 9.26. The van der Waals surface area contributed by atoms with E-state index in [9.17, 15) is 4.79 Å². The summed E-state index contributed by atoms with van der Waals surface area (Å²) in [6.45, 7) is 0.0166. The highest BCUT2D eigenvalue weighted by Crippen LogP contribution is 2.05. The smallest absolute Gasteiger partial charge is 0.194 e. The molecule has 2 aromatic rings. The Balaban J connectivity index is 2.64. The third kappa shape index (κ3) is 1.21. The standard InChI is InChI=1S/C9H9N3O/c10-5-8(13)7-6-11-9-3-1-2-4-12(7)9/h1-4,6H,5,10H2. The molecule has 13 heavy (non-hydrogen) atoms. The van der Waals surface area contributed by atoms with E-state index in [1.54, 1.807) is 16.8 Å². The van der Waals surface area contributed by atoms with Crippen molar-refractivity contribution in [3.63, 3.8) is 0 Å². The number of aromatic nitrogens is 2. The monoisotopic (exact) mass is 175 g/mol. The first kappa shape index (κ1) is 7.94. The highest BCUT2D eigenvalue weighted by molar-refractivity contribution is 5.96. The van der Waals surface area contributed by atoms with Crippen molar-refractivity contribution in [3.05, 3.63) is 36.3 Å². The molecule has 0 radical (unpaired) electrons. The van der Waals surface area contributed by atoms with Crippen LogP contribution in [0, 0.1) is 0 Å². The molecule has 0 fully saturated rings. The number of nitrogens with zero attached hydrogens (tertiary/aromatic N) is 2. The summed E-state index contributed by atoms with van der Waals surface area (Å²) < 4.78 is 1.73. The molecular formula is C9H9N3O. The van der Waals surface area contributed by atoms with Crippen LogP contribution in [0.4, 0.5) is 0 Å². The van der Waals surface area contributed by atoms with Gasteiger partial charge in [-0.05, 0) is 12.1 Å². The van der Waals surface area contributed by atoms with Gasteiger partial charge < -0.3 is 5.73 Å². The summed E-state index contributed by atoms with van der Waals surface area (Å²) in [5.74, 6) is -0.0984. The van der Waals surface area contributed by atoms with Crippen molar-refractivity contribution < 1.29 is 4.79 Å². The van der Waals surface area contributed by atoms with E-state index in [1.807, 2.05) is 18.2 Å². The molecule has 2 rings (SSSR count). The zero-order valence-corrected chi connectivity index (χ0v) is 6.97. The molecule has 4 nitrogen and oxygen atoms in total. The number of hydrogen-bond donors (Lipinski definition) is 1. The molecular weight excluding hydrogens is 166 g/mol. The molecule has 0 spiro atoms. The third-order valence-corrected chi connectivity index (χ3v) is 1.89. The Morgan fingerprint density at radius 2 is 2.38 bits per heavy atom.